The molecule has 0 amide bonds. The lowest BCUT2D eigenvalue weighted by atomic mass is 10.4. The Morgan fingerprint density at radius 1 is 1.22 bits per heavy atom. The molecule has 0 saturated carbocycles. The van der Waals surface area contributed by atoms with Crippen molar-refractivity contribution in [2.45, 2.75) is 12.8 Å². The maximum absolute atomic E-state index is 9.91. The molecule has 0 unspecified atom stereocenters. The van der Waals surface area contributed by atoms with Gasteiger partial charge < -0.3 is 0 Å². The highest BCUT2D eigenvalue weighted by atomic mass is 35.5. The fourth-order valence-corrected chi connectivity index (χ4v) is 1.12. The molecule has 9 heavy (non-hydrogen) atoms. The minimum absolute atomic E-state index is 0.292. The first-order valence-corrected chi connectivity index (χ1v) is 4.67. The van der Waals surface area contributed by atoms with Gasteiger partial charge in [-0.2, -0.15) is 8.42 Å². The van der Waals surface area contributed by atoms with Crippen LogP contribution in [-0.4, -0.2) is 20.1 Å². The van der Waals surface area contributed by atoms with Gasteiger partial charge in [-0.15, -0.1) is 11.6 Å². The highest BCUT2D eigenvalue weighted by molar-refractivity contribution is 7.85. The summed E-state index contributed by atoms with van der Waals surface area (Å²) in [6.45, 7) is 0. The second-order valence-corrected chi connectivity index (χ2v) is 3.56. The number of halogens is 1. The van der Waals surface area contributed by atoms with Crippen LogP contribution in [0.1, 0.15) is 12.8 Å². The van der Waals surface area contributed by atoms with Crippen LogP contribution in [0.2, 0.25) is 0 Å². The maximum Gasteiger partial charge on any atom is 0.294 e. The van der Waals surface area contributed by atoms with Crippen LogP contribution >= 0.6 is 11.6 Å². The summed E-state index contributed by atoms with van der Waals surface area (Å²) in [7, 11) is -4.01. The highest BCUT2D eigenvalue weighted by Gasteiger charge is 2.04. The molecule has 0 aliphatic rings. The molecular weight excluding hydrogens is 164 g/mol. The molecule has 0 saturated heterocycles. The van der Waals surface area contributed by atoms with E-state index in [1.54, 1.807) is 0 Å². The van der Waals surface area contributed by atoms with Gasteiger partial charge in [0.1, 0.15) is 0 Å². The first-order chi connectivity index (χ1) is 4.06. The lowest BCUT2D eigenvalue weighted by Gasteiger charge is -1.90. The zero-order valence-electron chi connectivity index (χ0n) is 4.84. The van der Waals surface area contributed by atoms with Gasteiger partial charge in [0.2, 0.25) is 0 Å². The third kappa shape index (κ3) is 8.20. The minimum atomic E-state index is -4.01. The van der Waals surface area contributed by atoms with Crippen LogP contribution in [0.25, 0.3) is 0 Å². The molecule has 0 aromatic heterocycles. The van der Waals surface area contributed by atoms with E-state index in [4.69, 9.17) is 11.6 Å². The van der Waals surface area contributed by atoms with Gasteiger partial charge in [-0.1, -0.05) is 4.55 Å². The van der Waals surface area contributed by atoms with Gasteiger partial charge in [-0.05, 0) is 12.8 Å². The maximum atomic E-state index is 9.91. The summed E-state index contributed by atoms with van der Waals surface area (Å²) in [5, 5.41) is 0. The lowest BCUT2D eigenvalue weighted by molar-refractivity contribution is 0.413. The summed E-state index contributed by atoms with van der Waals surface area (Å²) in [6, 6.07) is 0. The summed E-state index contributed by atoms with van der Waals surface area (Å²) in [6.07, 6.45) is 0.957. The minimum Gasteiger partial charge on any atom is -0.197 e. The van der Waals surface area contributed by atoms with E-state index in [0.717, 1.165) is 0 Å². The van der Waals surface area contributed by atoms with Crippen molar-refractivity contribution in [2.75, 3.05) is 11.6 Å². The van der Waals surface area contributed by atoms with Gasteiger partial charge in [-0.3, -0.25) is 0 Å². The molecule has 0 spiro atoms. The molecular formula is C4H8ClO3S. The van der Waals surface area contributed by atoms with Crippen molar-refractivity contribution in [1.82, 2.24) is 0 Å². The van der Waals surface area contributed by atoms with E-state index >= 15 is 0 Å². The molecule has 0 aromatic rings. The third-order valence-corrected chi connectivity index (χ3v) is 1.83. The van der Waals surface area contributed by atoms with Crippen LogP contribution in [0.5, 0.6) is 0 Å². The first-order valence-electron chi connectivity index (χ1n) is 2.56. The summed E-state index contributed by atoms with van der Waals surface area (Å²) in [5.41, 5.74) is 0. The van der Waals surface area contributed by atoms with Gasteiger partial charge >= 0.3 is 0 Å². The Labute approximate surface area is 59.8 Å². The van der Waals surface area contributed by atoms with Gasteiger partial charge in [0.25, 0.3) is 10.1 Å². The van der Waals surface area contributed by atoms with Crippen molar-refractivity contribution in [3.05, 3.63) is 0 Å². The summed E-state index contributed by atoms with van der Waals surface area (Å²) in [5.74, 6) is 0.120. The van der Waals surface area contributed by atoms with E-state index in [9.17, 15) is 13.0 Å². The quantitative estimate of drug-likeness (QED) is 0.463. The Balaban J connectivity index is 3.30. The summed E-state index contributed by atoms with van der Waals surface area (Å²) < 4.78 is 29.7. The highest BCUT2D eigenvalue weighted by Crippen LogP contribution is 1.95. The molecule has 5 heteroatoms. The van der Waals surface area contributed by atoms with E-state index in [2.05, 4.69) is 0 Å². The second-order valence-electron chi connectivity index (χ2n) is 1.66. The van der Waals surface area contributed by atoms with Crippen molar-refractivity contribution in [1.29, 1.82) is 0 Å². The Kier molecular flexibility index (Phi) is 4.18. The van der Waals surface area contributed by atoms with Crippen LogP contribution < -0.4 is 0 Å². The smallest absolute Gasteiger partial charge is 0.197 e. The molecule has 3 nitrogen and oxygen atoms in total. The molecule has 1 radical (unpaired) electrons. The molecule has 0 aliphatic carbocycles. The van der Waals surface area contributed by atoms with Crippen LogP contribution in [0.3, 0.4) is 0 Å². The largest absolute Gasteiger partial charge is 0.294 e. The van der Waals surface area contributed by atoms with E-state index in [1.807, 2.05) is 0 Å². The van der Waals surface area contributed by atoms with Crippen molar-refractivity contribution in [3.63, 3.8) is 0 Å². The molecule has 0 fully saturated rings. The van der Waals surface area contributed by atoms with Crippen molar-refractivity contribution >= 4 is 21.7 Å². The molecule has 0 rings (SSSR count). The fourth-order valence-electron chi connectivity index (χ4n) is 0.373. The van der Waals surface area contributed by atoms with Gasteiger partial charge in [-0.25, -0.2) is 0 Å². The summed E-state index contributed by atoms with van der Waals surface area (Å²) in [4.78, 5) is 0. The normalized spacial score (nSPS) is 11.8. The zero-order valence-corrected chi connectivity index (χ0v) is 6.41. The van der Waals surface area contributed by atoms with Crippen molar-refractivity contribution in [3.8, 4) is 0 Å². The summed E-state index contributed by atoms with van der Waals surface area (Å²) >= 11 is 5.23. The molecule has 0 atom stereocenters. The van der Waals surface area contributed by atoms with Crippen molar-refractivity contribution < 1.29 is 13.0 Å². The Bertz CT molecular complexity index is 151. The Morgan fingerprint density at radius 2 is 1.78 bits per heavy atom. The Morgan fingerprint density at radius 3 is 2.11 bits per heavy atom. The molecule has 0 heterocycles. The van der Waals surface area contributed by atoms with Gasteiger partial charge in [0, 0.05) is 5.88 Å². The van der Waals surface area contributed by atoms with Crippen LogP contribution in [0.4, 0.5) is 0 Å². The van der Waals surface area contributed by atoms with Gasteiger partial charge in [0.05, 0.1) is 5.75 Å². The Hall–Kier alpha value is 0.200. The number of alkyl halides is 1. The van der Waals surface area contributed by atoms with E-state index in [-0.39, 0.29) is 5.75 Å². The van der Waals surface area contributed by atoms with Crippen LogP contribution in [-0.2, 0) is 14.7 Å². The molecule has 0 aromatic carbocycles. The standard InChI is InChI=1S/C4H8ClO3S/c5-3-1-2-4-9(6,7)8/h1-4H2. The first kappa shape index (κ1) is 9.20. The molecule has 0 bridgehead atoms. The second kappa shape index (κ2) is 4.09. The predicted octanol–water partition coefficient (Wildman–Crippen LogP) is 0.766. The average Bonchev–Trinajstić information content (AvgIpc) is 1.63. The van der Waals surface area contributed by atoms with E-state index in [0.29, 0.717) is 18.7 Å². The van der Waals surface area contributed by atoms with E-state index in [1.165, 1.54) is 0 Å². The van der Waals surface area contributed by atoms with Crippen LogP contribution in [0, 0.1) is 0 Å². The lowest BCUT2D eigenvalue weighted by Crippen LogP contribution is -2.01. The average molecular weight is 172 g/mol. The molecule has 0 N–H and O–H groups in total. The SMILES string of the molecule is [O]S(=O)(=O)CCCCCl. The third-order valence-electron chi connectivity index (χ3n) is 0.778. The monoisotopic (exact) mass is 171 g/mol. The fraction of sp³-hybridized carbons (Fsp3) is 1.00. The van der Waals surface area contributed by atoms with Crippen molar-refractivity contribution in [2.24, 2.45) is 0 Å². The zero-order chi connectivity index (χ0) is 7.33. The van der Waals surface area contributed by atoms with Crippen LogP contribution in [0.15, 0.2) is 0 Å². The predicted molar refractivity (Wildman–Crippen MR) is 34.4 cm³/mol. The number of hydrogen-bond acceptors (Lipinski definition) is 2. The van der Waals surface area contributed by atoms with E-state index < -0.39 is 10.1 Å². The topological polar surface area (TPSA) is 54.0 Å². The number of hydrogen-bond donors (Lipinski definition) is 0. The molecule has 55 valence electrons. The molecule has 0 aliphatic heterocycles. The van der Waals surface area contributed by atoms with Gasteiger partial charge in [0.15, 0.2) is 0 Å². The number of unbranched alkanes of at least 4 members (excludes halogenated alkanes) is 1. The number of rotatable bonds is 4.